The maximum absolute atomic E-state index is 10.2. The van der Waals surface area contributed by atoms with Gasteiger partial charge in [-0.15, -0.1) is 0 Å². The Morgan fingerprint density at radius 2 is 1.79 bits per heavy atom. The van der Waals surface area contributed by atoms with Crippen molar-refractivity contribution in [3.63, 3.8) is 0 Å². The van der Waals surface area contributed by atoms with Gasteiger partial charge < -0.3 is 15.6 Å². The average Bonchev–Trinajstić information content (AvgIpc) is 1.80. The predicted octanol–water partition coefficient (Wildman–Crippen LogP) is 0.768. The zero-order chi connectivity index (χ0) is 11.8. The third-order valence-electron chi connectivity index (χ3n) is 0.808. The fraction of sp³-hybridized carbons (Fsp3) is 0.778. The molecule has 0 unspecified atom stereocenters. The van der Waals surface area contributed by atoms with Gasteiger partial charge >= 0.3 is 11.9 Å². The Bertz CT molecular complexity index is 184. The summed E-state index contributed by atoms with van der Waals surface area (Å²) in [5.41, 5.74) is 4.52. The molecule has 3 N–H and O–H groups in total. The van der Waals surface area contributed by atoms with Gasteiger partial charge in [0.15, 0.2) is 0 Å². The summed E-state index contributed by atoms with van der Waals surface area (Å²) in [6.07, 6.45) is 0.0694. The number of ether oxygens (including phenoxy) is 1. The van der Waals surface area contributed by atoms with Crippen molar-refractivity contribution in [2.24, 2.45) is 5.73 Å². The molecule has 0 amide bonds. The molecule has 0 bridgehead atoms. The summed E-state index contributed by atoms with van der Waals surface area (Å²) < 4.78 is 4.80. The second kappa shape index (κ2) is 7.32. The van der Waals surface area contributed by atoms with E-state index < -0.39 is 5.97 Å². The molecule has 0 saturated heterocycles. The van der Waals surface area contributed by atoms with Gasteiger partial charge in [-0.3, -0.25) is 9.59 Å². The smallest absolute Gasteiger partial charge is 0.304 e. The van der Waals surface area contributed by atoms with Crippen molar-refractivity contribution in [1.82, 2.24) is 0 Å². The second-order valence-electron chi connectivity index (χ2n) is 3.64. The summed E-state index contributed by atoms with van der Waals surface area (Å²) in [5, 5.41) is 7.83. The SMILES string of the molecule is CC(=O)OC(C)(C)C.NCCC(=O)O. The van der Waals surface area contributed by atoms with Crippen LogP contribution in [0, 0.1) is 0 Å². The Morgan fingerprint density at radius 3 is 1.79 bits per heavy atom. The van der Waals surface area contributed by atoms with Crippen molar-refractivity contribution in [2.75, 3.05) is 6.54 Å². The van der Waals surface area contributed by atoms with Crippen molar-refractivity contribution in [3.8, 4) is 0 Å². The van der Waals surface area contributed by atoms with E-state index >= 15 is 0 Å². The molecule has 0 aliphatic carbocycles. The van der Waals surface area contributed by atoms with Gasteiger partial charge in [0.1, 0.15) is 5.60 Å². The minimum atomic E-state index is -0.836. The Balaban J connectivity index is 0. The zero-order valence-corrected chi connectivity index (χ0v) is 9.16. The third-order valence-corrected chi connectivity index (χ3v) is 0.808. The minimum Gasteiger partial charge on any atom is -0.481 e. The van der Waals surface area contributed by atoms with Crippen molar-refractivity contribution in [1.29, 1.82) is 0 Å². The number of rotatable bonds is 2. The standard InChI is InChI=1S/C6H12O2.C3H7NO2/c1-5(7)8-6(2,3)4;4-2-1-3(5)6/h1-4H3;1-2,4H2,(H,5,6). The zero-order valence-electron chi connectivity index (χ0n) is 9.16. The lowest BCUT2D eigenvalue weighted by Gasteiger charge is -2.17. The number of hydrogen-bond donors (Lipinski definition) is 2. The van der Waals surface area contributed by atoms with Crippen LogP contribution in [0.15, 0.2) is 0 Å². The van der Waals surface area contributed by atoms with Gasteiger partial charge in [0.2, 0.25) is 0 Å². The van der Waals surface area contributed by atoms with E-state index in [4.69, 9.17) is 15.6 Å². The highest BCUT2D eigenvalue weighted by Gasteiger charge is 2.11. The fourth-order valence-electron chi connectivity index (χ4n) is 0.555. The first-order valence-electron chi connectivity index (χ1n) is 4.30. The number of hydrogen-bond acceptors (Lipinski definition) is 4. The highest BCUT2D eigenvalue weighted by Crippen LogP contribution is 2.05. The van der Waals surface area contributed by atoms with Crippen LogP contribution in [-0.4, -0.2) is 29.2 Å². The fourth-order valence-corrected chi connectivity index (χ4v) is 0.555. The summed E-state index contributed by atoms with van der Waals surface area (Å²) in [5.74, 6) is -1.06. The highest BCUT2D eigenvalue weighted by molar-refractivity contribution is 5.66. The van der Waals surface area contributed by atoms with Crippen molar-refractivity contribution >= 4 is 11.9 Å². The van der Waals surface area contributed by atoms with E-state index in [1.807, 2.05) is 20.8 Å². The van der Waals surface area contributed by atoms with Crippen LogP contribution in [0.2, 0.25) is 0 Å². The Kier molecular flexibility index (Phi) is 8.04. The van der Waals surface area contributed by atoms with Crippen molar-refractivity contribution < 1.29 is 19.4 Å². The number of carbonyl (C=O) groups excluding carboxylic acids is 1. The number of esters is 1. The Hall–Kier alpha value is -1.10. The minimum absolute atomic E-state index is 0.0694. The Morgan fingerprint density at radius 1 is 1.36 bits per heavy atom. The molecule has 0 aromatic carbocycles. The number of nitrogens with two attached hydrogens (primary N) is 1. The molecule has 0 heterocycles. The van der Waals surface area contributed by atoms with Gasteiger partial charge in [-0.2, -0.15) is 0 Å². The van der Waals surface area contributed by atoms with Crippen LogP contribution in [0.25, 0.3) is 0 Å². The van der Waals surface area contributed by atoms with Crippen LogP contribution in [0.3, 0.4) is 0 Å². The predicted molar refractivity (Wildman–Crippen MR) is 52.8 cm³/mol. The monoisotopic (exact) mass is 205 g/mol. The van der Waals surface area contributed by atoms with Crippen molar-refractivity contribution in [3.05, 3.63) is 0 Å². The van der Waals surface area contributed by atoms with E-state index in [0.717, 1.165) is 0 Å². The first-order chi connectivity index (χ1) is 6.19. The molecule has 0 fully saturated rings. The molecule has 0 aliphatic rings. The van der Waals surface area contributed by atoms with Crippen LogP contribution in [-0.2, 0) is 14.3 Å². The molecule has 5 nitrogen and oxygen atoms in total. The molecule has 0 aromatic rings. The lowest BCUT2D eigenvalue weighted by molar-refractivity contribution is -0.151. The van der Waals surface area contributed by atoms with Gasteiger partial charge in [0, 0.05) is 13.5 Å². The van der Waals surface area contributed by atoms with E-state index in [2.05, 4.69) is 0 Å². The van der Waals surface area contributed by atoms with Gasteiger partial charge in [0.25, 0.3) is 0 Å². The normalized spacial score (nSPS) is 9.79. The lowest BCUT2D eigenvalue weighted by atomic mass is 10.2. The van der Waals surface area contributed by atoms with Crippen LogP contribution in [0.5, 0.6) is 0 Å². The Labute approximate surface area is 84.2 Å². The lowest BCUT2D eigenvalue weighted by Crippen LogP contribution is -2.21. The summed E-state index contributed by atoms with van der Waals surface area (Å²) in [6.45, 7) is 7.16. The average molecular weight is 205 g/mol. The van der Waals surface area contributed by atoms with Gasteiger partial charge in [0.05, 0.1) is 6.42 Å². The molecule has 0 spiro atoms. The highest BCUT2D eigenvalue weighted by atomic mass is 16.6. The van der Waals surface area contributed by atoms with Crippen molar-refractivity contribution in [2.45, 2.75) is 39.7 Å². The first-order valence-corrected chi connectivity index (χ1v) is 4.30. The third kappa shape index (κ3) is 22.4. The van der Waals surface area contributed by atoms with Crippen LogP contribution < -0.4 is 5.73 Å². The quantitative estimate of drug-likeness (QED) is 0.650. The van der Waals surface area contributed by atoms with Gasteiger partial charge in [-0.1, -0.05) is 0 Å². The van der Waals surface area contributed by atoms with Gasteiger partial charge in [-0.05, 0) is 20.8 Å². The number of carbonyl (C=O) groups is 2. The van der Waals surface area contributed by atoms with E-state index in [1.54, 1.807) is 0 Å². The molecule has 84 valence electrons. The van der Waals surface area contributed by atoms with E-state index in [1.165, 1.54) is 6.92 Å². The summed E-state index contributed by atoms with van der Waals surface area (Å²) in [7, 11) is 0. The molecular formula is C9H19NO4. The van der Waals surface area contributed by atoms with Crippen LogP contribution in [0.1, 0.15) is 34.1 Å². The van der Waals surface area contributed by atoms with Crippen LogP contribution >= 0.6 is 0 Å². The molecule has 0 saturated carbocycles. The summed E-state index contributed by atoms with van der Waals surface area (Å²) in [4.78, 5) is 19.8. The topological polar surface area (TPSA) is 89.6 Å². The second-order valence-corrected chi connectivity index (χ2v) is 3.64. The largest absolute Gasteiger partial charge is 0.481 e. The molecular weight excluding hydrogens is 186 g/mol. The molecule has 5 heteroatoms. The van der Waals surface area contributed by atoms with E-state index in [9.17, 15) is 9.59 Å². The maximum Gasteiger partial charge on any atom is 0.304 e. The molecule has 0 radical (unpaired) electrons. The summed E-state index contributed by atoms with van der Waals surface area (Å²) in [6, 6.07) is 0. The number of carboxylic acids is 1. The maximum atomic E-state index is 10.2. The van der Waals surface area contributed by atoms with Gasteiger partial charge in [-0.25, -0.2) is 0 Å². The van der Waals surface area contributed by atoms with E-state index in [0.29, 0.717) is 0 Å². The van der Waals surface area contributed by atoms with E-state index in [-0.39, 0.29) is 24.5 Å². The molecule has 0 aliphatic heterocycles. The molecule has 0 atom stereocenters. The molecule has 0 aromatic heterocycles. The van der Waals surface area contributed by atoms with Crippen LogP contribution in [0.4, 0.5) is 0 Å². The number of carboxylic acid groups (broad SMARTS) is 1. The first kappa shape index (κ1) is 15.4. The molecule has 14 heavy (non-hydrogen) atoms. The summed E-state index contributed by atoms with van der Waals surface area (Å²) >= 11 is 0. The molecule has 0 rings (SSSR count). The number of aliphatic carboxylic acids is 1.